The first-order chi connectivity index (χ1) is 7.90. The number of aliphatic hydroxyl groups excluding tert-OH is 2. The van der Waals surface area contributed by atoms with E-state index in [1.165, 1.54) is 19.1 Å². The third-order valence-corrected chi connectivity index (χ3v) is 3.24. The summed E-state index contributed by atoms with van der Waals surface area (Å²) in [7, 11) is 0. The molecule has 6 heteroatoms. The normalized spacial score (nSPS) is 14.4. The first-order valence-corrected chi connectivity index (χ1v) is 6.32. The van der Waals surface area contributed by atoms with Gasteiger partial charge in [0.25, 0.3) is 0 Å². The molecular formula is C11H14ClNO3S. The third-order valence-electron chi connectivity index (χ3n) is 2.11. The van der Waals surface area contributed by atoms with Gasteiger partial charge < -0.3 is 15.9 Å². The Morgan fingerprint density at radius 2 is 2.12 bits per heavy atom. The van der Waals surface area contributed by atoms with Crippen molar-refractivity contribution < 1.29 is 15.0 Å². The van der Waals surface area contributed by atoms with Crippen LogP contribution in [0.1, 0.15) is 18.6 Å². The minimum absolute atomic E-state index is 0.109. The Morgan fingerprint density at radius 3 is 2.65 bits per heavy atom. The molecule has 2 unspecified atom stereocenters. The van der Waals surface area contributed by atoms with Gasteiger partial charge in [0.15, 0.2) is 5.12 Å². The van der Waals surface area contributed by atoms with Crippen molar-refractivity contribution in [3.05, 3.63) is 28.8 Å². The molecule has 0 saturated carbocycles. The number of hydrogen-bond acceptors (Lipinski definition) is 5. The highest BCUT2D eigenvalue weighted by molar-refractivity contribution is 8.13. The molecule has 0 spiro atoms. The fourth-order valence-corrected chi connectivity index (χ4v) is 2.16. The monoisotopic (exact) mass is 275 g/mol. The van der Waals surface area contributed by atoms with Gasteiger partial charge >= 0.3 is 0 Å². The number of anilines is 1. The van der Waals surface area contributed by atoms with E-state index in [1.54, 1.807) is 6.07 Å². The summed E-state index contributed by atoms with van der Waals surface area (Å²) in [4.78, 5) is 10.7. The number of nitrogens with two attached hydrogens (primary N) is 1. The van der Waals surface area contributed by atoms with Gasteiger partial charge in [0, 0.05) is 23.4 Å². The number of rotatable bonds is 4. The lowest BCUT2D eigenvalue weighted by Gasteiger charge is -2.18. The predicted molar refractivity (Wildman–Crippen MR) is 70.0 cm³/mol. The number of hydrogen-bond donors (Lipinski definition) is 3. The van der Waals surface area contributed by atoms with E-state index >= 15 is 0 Å². The summed E-state index contributed by atoms with van der Waals surface area (Å²) in [5.74, 6) is 0.128. The molecule has 0 aliphatic rings. The van der Waals surface area contributed by atoms with Crippen LogP contribution in [-0.2, 0) is 4.79 Å². The Morgan fingerprint density at radius 1 is 1.47 bits per heavy atom. The minimum Gasteiger partial charge on any atom is -0.399 e. The SMILES string of the molecule is CC(=O)SCC(O)C(O)c1cc(N)cc(Cl)c1. The molecule has 0 aromatic heterocycles. The van der Waals surface area contributed by atoms with Gasteiger partial charge in [-0.1, -0.05) is 23.4 Å². The summed E-state index contributed by atoms with van der Waals surface area (Å²) in [5.41, 5.74) is 6.43. The highest BCUT2D eigenvalue weighted by atomic mass is 35.5. The molecule has 0 aliphatic carbocycles. The van der Waals surface area contributed by atoms with E-state index < -0.39 is 12.2 Å². The molecule has 0 fully saturated rings. The average molecular weight is 276 g/mol. The van der Waals surface area contributed by atoms with Gasteiger partial charge in [0.1, 0.15) is 6.10 Å². The van der Waals surface area contributed by atoms with Crippen LogP contribution in [-0.4, -0.2) is 27.2 Å². The van der Waals surface area contributed by atoms with E-state index in [1.807, 2.05) is 0 Å². The molecule has 4 nitrogen and oxygen atoms in total. The molecule has 0 radical (unpaired) electrons. The summed E-state index contributed by atoms with van der Waals surface area (Å²) in [6.07, 6.45) is -2.15. The van der Waals surface area contributed by atoms with Crippen LogP contribution in [0.15, 0.2) is 18.2 Å². The van der Waals surface area contributed by atoms with Crippen molar-refractivity contribution in [3.8, 4) is 0 Å². The number of carbonyl (C=O) groups excluding carboxylic acids is 1. The highest BCUT2D eigenvalue weighted by Gasteiger charge is 2.19. The first-order valence-electron chi connectivity index (χ1n) is 4.95. The molecule has 1 aromatic carbocycles. The minimum atomic E-state index is -1.11. The van der Waals surface area contributed by atoms with Crippen LogP contribution in [0.25, 0.3) is 0 Å². The second kappa shape index (κ2) is 6.26. The van der Waals surface area contributed by atoms with E-state index in [9.17, 15) is 15.0 Å². The Balaban J connectivity index is 2.73. The van der Waals surface area contributed by atoms with Gasteiger partial charge in [-0.05, 0) is 23.8 Å². The molecule has 0 saturated heterocycles. The smallest absolute Gasteiger partial charge is 0.185 e. The summed E-state index contributed by atoms with van der Waals surface area (Å²) in [5, 5.41) is 19.8. The van der Waals surface area contributed by atoms with Gasteiger partial charge in [-0.25, -0.2) is 0 Å². The Bertz CT molecular complexity index is 393. The van der Waals surface area contributed by atoms with Crippen LogP contribution >= 0.6 is 23.4 Å². The molecule has 1 rings (SSSR count). The largest absolute Gasteiger partial charge is 0.399 e. The first kappa shape index (κ1) is 14.3. The zero-order chi connectivity index (χ0) is 13.0. The Labute approximate surface area is 109 Å². The molecule has 2 atom stereocenters. The summed E-state index contributed by atoms with van der Waals surface area (Å²) >= 11 is 6.75. The van der Waals surface area contributed by atoms with Crippen molar-refractivity contribution in [2.24, 2.45) is 0 Å². The fraction of sp³-hybridized carbons (Fsp3) is 0.364. The number of thioether (sulfide) groups is 1. The van der Waals surface area contributed by atoms with Crippen molar-refractivity contribution >= 4 is 34.2 Å². The molecular weight excluding hydrogens is 262 g/mol. The molecule has 4 N–H and O–H groups in total. The second-order valence-corrected chi connectivity index (χ2v) is 5.27. The molecule has 0 amide bonds. The topological polar surface area (TPSA) is 83.5 Å². The Kier molecular flexibility index (Phi) is 5.27. The van der Waals surface area contributed by atoms with Crippen LogP contribution in [0.2, 0.25) is 5.02 Å². The second-order valence-electron chi connectivity index (χ2n) is 3.63. The standard InChI is InChI=1S/C11H14ClNO3S/c1-6(14)17-5-10(15)11(16)7-2-8(12)4-9(13)3-7/h2-4,10-11,15-16H,5,13H2,1H3. The number of nitrogen functional groups attached to an aromatic ring is 1. The van der Waals surface area contributed by atoms with Crippen LogP contribution in [0.3, 0.4) is 0 Å². The zero-order valence-corrected chi connectivity index (χ0v) is 10.8. The van der Waals surface area contributed by atoms with E-state index in [0.29, 0.717) is 16.3 Å². The average Bonchev–Trinajstić information content (AvgIpc) is 2.23. The van der Waals surface area contributed by atoms with Gasteiger partial charge in [0.05, 0.1) is 6.10 Å². The van der Waals surface area contributed by atoms with E-state index in [2.05, 4.69) is 0 Å². The van der Waals surface area contributed by atoms with Gasteiger partial charge in [-0.3, -0.25) is 4.79 Å². The quantitative estimate of drug-likeness (QED) is 0.727. The van der Waals surface area contributed by atoms with E-state index in [0.717, 1.165) is 11.8 Å². The lowest BCUT2D eigenvalue weighted by Crippen LogP contribution is -2.21. The molecule has 17 heavy (non-hydrogen) atoms. The molecule has 0 bridgehead atoms. The zero-order valence-electron chi connectivity index (χ0n) is 9.26. The van der Waals surface area contributed by atoms with Crippen molar-refractivity contribution in [3.63, 3.8) is 0 Å². The number of carbonyl (C=O) groups is 1. The summed E-state index contributed by atoms with van der Waals surface area (Å²) in [6.45, 7) is 1.40. The van der Waals surface area contributed by atoms with Gasteiger partial charge in [0.2, 0.25) is 0 Å². The van der Waals surface area contributed by atoms with Gasteiger partial charge in [-0.2, -0.15) is 0 Å². The fourth-order valence-electron chi connectivity index (χ4n) is 1.32. The number of aliphatic hydroxyl groups is 2. The molecule has 0 aliphatic heterocycles. The summed E-state index contributed by atoms with van der Waals surface area (Å²) in [6, 6.07) is 4.62. The molecule has 94 valence electrons. The van der Waals surface area contributed by atoms with Crippen LogP contribution in [0, 0.1) is 0 Å². The third kappa shape index (κ3) is 4.55. The van der Waals surface area contributed by atoms with E-state index in [4.69, 9.17) is 17.3 Å². The maximum absolute atomic E-state index is 10.7. The predicted octanol–water partition coefficient (Wildman–Crippen LogP) is 1.60. The van der Waals surface area contributed by atoms with E-state index in [-0.39, 0.29) is 10.9 Å². The lowest BCUT2D eigenvalue weighted by molar-refractivity contribution is -0.109. The molecule has 0 heterocycles. The van der Waals surface area contributed by atoms with Crippen molar-refractivity contribution in [2.45, 2.75) is 19.1 Å². The molecule has 1 aromatic rings. The van der Waals surface area contributed by atoms with Crippen molar-refractivity contribution in [1.82, 2.24) is 0 Å². The summed E-state index contributed by atoms with van der Waals surface area (Å²) < 4.78 is 0. The maximum Gasteiger partial charge on any atom is 0.185 e. The van der Waals surface area contributed by atoms with Crippen molar-refractivity contribution in [1.29, 1.82) is 0 Å². The van der Waals surface area contributed by atoms with Crippen LogP contribution in [0.4, 0.5) is 5.69 Å². The van der Waals surface area contributed by atoms with Gasteiger partial charge in [-0.15, -0.1) is 0 Å². The number of benzene rings is 1. The van der Waals surface area contributed by atoms with Crippen LogP contribution < -0.4 is 5.73 Å². The van der Waals surface area contributed by atoms with Crippen LogP contribution in [0.5, 0.6) is 0 Å². The van der Waals surface area contributed by atoms with Crippen molar-refractivity contribution in [2.75, 3.05) is 11.5 Å². The lowest BCUT2D eigenvalue weighted by atomic mass is 10.0. The number of halogens is 1. The highest BCUT2D eigenvalue weighted by Crippen LogP contribution is 2.25. The Hall–Kier alpha value is -0.750. The maximum atomic E-state index is 10.7.